The van der Waals surface area contributed by atoms with Crippen LogP contribution in [0.25, 0.3) is 22.0 Å². The van der Waals surface area contributed by atoms with Crippen LogP contribution in [0.3, 0.4) is 0 Å². The van der Waals surface area contributed by atoms with E-state index in [1.165, 1.54) is 30.4 Å². The molecule has 4 heterocycles. The van der Waals surface area contributed by atoms with Crippen molar-refractivity contribution in [3.05, 3.63) is 94.6 Å². The minimum atomic E-state index is -0.756. The van der Waals surface area contributed by atoms with Crippen LogP contribution in [0.1, 0.15) is 97.7 Å². The Labute approximate surface area is 384 Å². The van der Waals surface area contributed by atoms with Crippen molar-refractivity contribution in [2.24, 2.45) is 11.8 Å². The van der Waals surface area contributed by atoms with Gasteiger partial charge in [0.1, 0.15) is 41.3 Å². The normalized spacial score (nSPS) is 19.8. The third-order valence-electron chi connectivity index (χ3n) is 14.4. The van der Waals surface area contributed by atoms with Crippen LogP contribution in [0.2, 0.25) is 0 Å². The third kappa shape index (κ3) is 9.82. The molecule has 0 radical (unpaired) electrons. The number of carbonyl (C=O) groups is 4. The fraction of sp³-hybridized carbons (Fsp3) is 0.490. The number of nitrogens with zero attached hydrogens (tertiary/aromatic N) is 6. The minimum Gasteiger partial charge on any atom is -0.493 e. The second-order valence-electron chi connectivity index (χ2n) is 18.6. The summed E-state index contributed by atoms with van der Waals surface area (Å²) in [6, 6.07) is 8.48. The fourth-order valence-corrected chi connectivity index (χ4v) is 10.7. The summed E-state index contributed by atoms with van der Waals surface area (Å²) < 4.78 is 53.6. The number of piperidine rings is 1. The summed E-state index contributed by atoms with van der Waals surface area (Å²) in [5, 5.41) is 3.07. The predicted molar refractivity (Wildman–Crippen MR) is 247 cm³/mol. The van der Waals surface area contributed by atoms with Gasteiger partial charge in [0.05, 0.1) is 18.2 Å². The Hall–Kier alpha value is -5.83. The Kier molecular flexibility index (Phi) is 14.4. The van der Waals surface area contributed by atoms with E-state index in [1.54, 1.807) is 36.9 Å². The molecule has 3 aromatic carbocycles. The maximum atomic E-state index is 16.6. The Morgan fingerprint density at radius 1 is 0.955 bits per heavy atom. The maximum Gasteiger partial charge on any atom is 0.255 e. The minimum absolute atomic E-state index is 0.0762. The van der Waals surface area contributed by atoms with E-state index in [-0.39, 0.29) is 65.4 Å². The number of anilines is 1. The first-order chi connectivity index (χ1) is 31.8. The van der Waals surface area contributed by atoms with Gasteiger partial charge >= 0.3 is 0 Å². The summed E-state index contributed by atoms with van der Waals surface area (Å²) in [5.41, 5.74) is 3.27. The van der Waals surface area contributed by atoms with Gasteiger partial charge < -0.3 is 34.4 Å². The van der Waals surface area contributed by atoms with Crippen LogP contribution in [-0.2, 0) is 20.9 Å². The number of aromatic nitrogens is 2. The zero-order valence-electron chi connectivity index (χ0n) is 38.2. The van der Waals surface area contributed by atoms with E-state index in [1.807, 2.05) is 11.0 Å². The van der Waals surface area contributed by atoms with Gasteiger partial charge in [0.15, 0.2) is 5.82 Å². The average Bonchev–Trinajstić information content (AvgIpc) is 3.64. The SMILES string of the molecule is C=C(C)C(=O)N1CCN(c2ncnc3c(F)c(-c4c(F)cccc4OCCC4CCC(CN5CCC(c6cc(F)cc7c6CN(C(C=O)CCC(=O)NC)C7=O)CC5)CC4)c(C)cc23)CC1. The Bertz CT molecular complexity index is 2500. The van der Waals surface area contributed by atoms with E-state index in [2.05, 4.69) is 26.8 Å². The zero-order chi connectivity index (χ0) is 46.6. The lowest BCUT2D eigenvalue weighted by Crippen LogP contribution is -2.49. The largest absolute Gasteiger partial charge is 0.493 e. The Morgan fingerprint density at radius 3 is 2.38 bits per heavy atom. The summed E-state index contributed by atoms with van der Waals surface area (Å²) in [4.78, 5) is 66.3. The van der Waals surface area contributed by atoms with Crippen LogP contribution in [0.5, 0.6) is 5.75 Å². The van der Waals surface area contributed by atoms with Gasteiger partial charge in [-0.05, 0) is 130 Å². The van der Waals surface area contributed by atoms with E-state index < -0.39 is 23.5 Å². The molecule has 3 fully saturated rings. The Morgan fingerprint density at radius 2 is 1.68 bits per heavy atom. The van der Waals surface area contributed by atoms with Crippen molar-refractivity contribution in [3.63, 3.8) is 0 Å². The highest BCUT2D eigenvalue weighted by Crippen LogP contribution is 2.42. The molecule has 3 aliphatic heterocycles. The van der Waals surface area contributed by atoms with E-state index in [9.17, 15) is 23.6 Å². The van der Waals surface area contributed by atoms with E-state index in [4.69, 9.17) is 4.74 Å². The summed E-state index contributed by atoms with van der Waals surface area (Å²) in [6.07, 6.45) is 9.17. The predicted octanol–water partition coefficient (Wildman–Crippen LogP) is 7.75. The summed E-state index contributed by atoms with van der Waals surface area (Å²) in [7, 11) is 1.53. The first-order valence-corrected chi connectivity index (χ1v) is 23.4. The van der Waals surface area contributed by atoms with Crippen LogP contribution in [0, 0.1) is 36.2 Å². The van der Waals surface area contributed by atoms with Crippen molar-refractivity contribution in [1.82, 2.24) is 30.0 Å². The van der Waals surface area contributed by atoms with Gasteiger partial charge in [0.2, 0.25) is 11.8 Å². The Balaban J connectivity index is 0.833. The number of likely N-dealkylation sites (tertiary alicyclic amines) is 1. The maximum absolute atomic E-state index is 16.6. The van der Waals surface area contributed by atoms with Crippen LogP contribution in [0.15, 0.2) is 54.9 Å². The molecule has 1 N–H and O–H groups in total. The van der Waals surface area contributed by atoms with Gasteiger partial charge in [0.25, 0.3) is 5.91 Å². The molecule has 15 heteroatoms. The van der Waals surface area contributed by atoms with Gasteiger partial charge in [0, 0.05) is 74.8 Å². The van der Waals surface area contributed by atoms with Gasteiger partial charge in [-0.15, -0.1) is 0 Å². The molecule has 3 amide bonds. The standard InChI is InChI=1S/C51H60F3N7O5/c1-31(2)50(64)60-21-19-59(20-22-60)49-40-24-32(3)45(47(54)48(40)56-30-57-49)46-42(53)6-5-7-43(46)66-23-16-33-8-10-34(11-9-33)27-58-17-14-35(15-18-58)38-25-36(52)26-39-41(38)28-61(51(39)65)37(29-62)12-13-44(63)55-4/h5-7,24-26,29-30,33-35,37H,1,8-23,27-28H2,2-4H3,(H,55,63). The number of aryl methyl sites for hydroxylation is 1. The van der Waals surface area contributed by atoms with Crippen molar-refractivity contribution < 1.29 is 37.1 Å². The van der Waals surface area contributed by atoms with Crippen LogP contribution < -0.4 is 15.0 Å². The summed E-state index contributed by atoms with van der Waals surface area (Å²) >= 11 is 0. The third-order valence-corrected chi connectivity index (χ3v) is 14.4. The lowest BCUT2D eigenvalue weighted by atomic mass is 9.80. The molecule has 8 rings (SSSR count). The number of rotatable bonds is 15. The number of nitrogens with one attached hydrogen (secondary N) is 1. The van der Waals surface area contributed by atoms with Gasteiger partial charge in [-0.2, -0.15) is 0 Å². The zero-order valence-corrected chi connectivity index (χ0v) is 38.2. The number of fused-ring (bicyclic) bond motifs is 2. The first-order valence-electron chi connectivity index (χ1n) is 23.4. The molecule has 1 aliphatic carbocycles. The second kappa shape index (κ2) is 20.4. The molecule has 350 valence electrons. The molecule has 0 bridgehead atoms. The molecule has 1 atom stereocenters. The lowest BCUT2D eigenvalue weighted by molar-refractivity contribution is -0.127. The number of aldehydes is 1. The van der Waals surface area contributed by atoms with Gasteiger partial charge in [-0.1, -0.05) is 25.5 Å². The number of hydrogen-bond acceptors (Lipinski definition) is 9. The lowest BCUT2D eigenvalue weighted by Gasteiger charge is -2.37. The van der Waals surface area contributed by atoms with Crippen molar-refractivity contribution in [2.75, 3.05) is 64.4 Å². The number of amides is 3. The fourth-order valence-electron chi connectivity index (χ4n) is 10.7. The summed E-state index contributed by atoms with van der Waals surface area (Å²) in [6.45, 7) is 12.6. The summed E-state index contributed by atoms with van der Waals surface area (Å²) in [5.74, 6) is -0.334. The molecule has 1 aromatic heterocycles. The van der Waals surface area contributed by atoms with Gasteiger partial charge in [-0.3, -0.25) is 14.4 Å². The van der Waals surface area contributed by atoms with Gasteiger partial charge in [-0.25, -0.2) is 23.1 Å². The number of piperazine rings is 1. The van der Waals surface area contributed by atoms with Crippen LogP contribution in [-0.4, -0.2) is 114 Å². The number of benzene rings is 3. The smallest absolute Gasteiger partial charge is 0.255 e. The van der Waals surface area contributed by atoms with E-state index in [0.717, 1.165) is 75.7 Å². The number of ether oxygens (including phenoxy) is 1. The first kappa shape index (κ1) is 46.7. The molecule has 2 saturated heterocycles. The van der Waals surface area contributed by atoms with E-state index >= 15 is 8.78 Å². The molecule has 1 unspecified atom stereocenters. The second-order valence-corrected chi connectivity index (χ2v) is 18.6. The van der Waals surface area contributed by atoms with Crippen molar-refractivity contribution >= 4 is 40.7 Å². The molecule has 0 spiro atoms. The number of carbonyl (C=O) groups excluding carboxylic acids is 4. The van der Waals surface area contributed by atoms with Crippen LogP contribution in [0.4, 0.5) is 19.0 Å². The highest BCUT2D eigenvalue weighted by Gasteiger charge is 2.37. The highest BCUT2D eigenvalue weighted by atomic mass is 19.1. The highest BCUT2D eigenvalue weighted by molar-refractivity contribution is 6.00. The molecule has 4 aromatic rings. The van der Waals surface area contributed by atoms with E-state index in [0.29, 0.717) is 78.8 Å². The molecular formula is C51H60F3N7O5. The molecule has 4 aliphatic rings. The monoisotopic (exact) mass is 907 g/mol. The molecule has 1 saturated carbocycles. The quantitative estimate of drug-likeness (QED) is 0.0941. The van der Waals surface area contributed by atoms with Crippen molar-refractivity contribution in [2.45, 2.75) is 90.1 Å². The molecular weight excluding hydrogens is 848 g/mol. The van der Waals surface area contributed by atoms with Crippen molar-refractivity contribution in [1.29, 1.82) is 0 Å². The number of halogens is 3. The topological polar surface area (TPSA) is 128 Å². The average molecular weight is 908 g/mol. The number of hydrogen-bond donors (Lipinski definition) is 1. The molecule has 66 heavy (non-hydrogen) atoms. The molecule has 12 nitrogen and oxygen atoms in total. The van der Waals surface area contributed by atoms with Crippen molar-refractivity contribution in [3.8, 4) is 16.9 Å². The van der Waals surface area contributed by atoms with Crippen LogP contribution >= 0.6 is 0 Å².